The first-order valence-corrected chi connectivity index (χ1v) is 16.5. The molecule has 4 unspecified atom stereocenters. The van der Waals surface area contributed by atoms with Crippen molar-refractivity contribution in [2.75, 3.05) is 18.0 Å². The number of hydrogen-bond donors (Lipinski definition) is 2. The third kappa shape index (κ3) is 4.36. The molecule has 0 radical (unpaired) electrons. The molecule has 6 heteroatoms. The van der Waals surface area contributed by atoms with E-state index in [9.17, 15) is 14.7 Å². The van der Waals surface area contributed by atoms with Gasteiger partial charge in [0.25, 0.3) is 0 Å². The zero-order valence-electron chi connectivity index (χ0n) is 24.6. The van der Waals surface area contributed by atoms with Crippen LogP contribution in [0.15, 0.2) is 42.5 Å². The van der Waals surface area contributed by atoms with Gasteiger partial charge < -0.3 is 19.9 Å². The Balaban J connectivity index is 1.15. The number of hydrogen-bond acceptors (Lipinski definition) is 3. The van der Waals surface area contributed by atoms with Crippen molar-refractivity contribution >= 4 is 28.5 Å². The molecular weight excluding hydrogens is 522 g/mol. The third-order valence-electron chi connectivity index (χ3n) is 11.7. The molecule has 8 rings (SSSR count). The molecule has 2 aromatic carbocycles. The van der Waals surface area contributed by atoms with Crippen LogP contribution in [0.4, 0.5) is 5.69 Å². The predicted molar refractivity (Wildman–Crippen MR) is 166 cm³/mol. The van der Waals surface area contributed by atoms with Crippen LogP contribution in [-0.4, -0.2) is 40.2 Å². The molecule has 5 aliphatic rings. The van der Waals surface area contributed by atoms with E-state index in [0.717, 1.165) is 41.9 Å². The summed E-state index contributed by atoms with van der Waals surface area (Å²) >= 11 is 0. The van der Waals surface area contributed by atoms with Crippen LogP contribution in [0.5, 0.6) is 0 Å². The number of para-hydroxylation sites is 1. The number of benzene rings is 2. The summed E-state index contributed by atoms with van der Waals surface area (Å²) < 4.78 is 2.37. The molecule has 1 aromatic heterocycles. The second-order valence-corrected chi connectivity index (χ2v) is 14.2. The molecule has 2 N–H and O–H groups in total. The Bertz CT molecular complexity index is 1550. The summed E-state index contributed by atoms with van der Waals surface area (Å²) in [4.78, 5) is 28.1. The SMILES string of the molecule is O=C(CN1CCn2c(c(C3CCCCC3)c3ccc(C(=O)O)cc32)-c2ccccc21)NC12CC3CCCC(C1)C(C3)C2. The number of anilines is 1. The highest BCUT2D eigenvalue weighted by atomic mass is 16.4. The second-order valence-electron chi connectivity index (χ2n) is 14.2. The van der Waals surface area contributed by atoms with Crippen molar-refractivity contribution in [3.63, 3.8) is 0 Å². The van der Waals surface area contributed by atoms with E-state index in [1.807, 2.05) is 12.1 Å². The molecular formula is C36H43N3O3. The van der Waals surface area contributed by atoms with Crippen LogP contribution in [0.25, 0.3) is 22.2 Å². The van der Waals surface area contributed by atoms with Crippen molar-refractivity contribution in [2.45, 2.75) is 95.1 Å². The maximum absolute atomic E-state index is 13.8. The van der Waals surface area contributed by atoms with Crippen LogP contribution in [0.3, 0.4) is 0 Å². The van der Waals surface area contributed by atoms with Crippen LogP contribution in [0.2, 0.25) is 0 Å². The molecule has 3 bridgehead atoms. The first-order valence-electron chi connectivity index (χ1n) is 16.5. The van der Waals surface area contributed by atoms with Gasteiger partial charge in [0.1, 0.15) is 0 Å². The minimum absolute atomic E-state index is 0.00395. The molecule has 3 aromatic rings. The average Bonchev–Trinajstić information content (AvgIpc) is 3.31. The molecule has 42 heavy (non-hydrogen) atoms. The van der Waals surface area contributed by atoms with Gasteiger partial charge in [0.05, 0.1) is 17.8 Å². The van der Waals surface area contributed by atoms with Crippen molar-refractivity contribution in [3.05, 3.63) is 53.6 Å². The molecule has 4 fully saturated rings. The second kappa shape index (κ2) is 10.2. The van der Waals surface area contributed by atoms with Gasteiger partial charge in [-0.25, -0.2) is 4.79 Å². The third-order valence-corrected chi connectivity index (χ3v) is 11.7. The molecule has 0 spiro atoms. The van der Waals surface area contributed by atoms with Gasteiger partial charge in [-0.05, 0) is 86.0 Å². The number of nitrogens with one attached hydrogen (secondary N) is 1. The predicted octanol–water partition coefficient (Wildman–Crippen LogP) is 7.35. The van der Waals surface area contributed by atoms with Crippen molar-refractivity contribution < 1.29 is 14.7 Å². The lowest BCUT2D eigenvalue weighted by atomic mass is 9.75. The number of fused-ring (bicyclic) bond motifs is 7. The number of rotatable bonds is 5. The van der Waals surface area contributed by atoms with Crippen molar-refractivity contribution in [1.82, 2.24) is 9.88 Å². The van der Waals surface area contributed by atoms with E-state index in [0.29, 0.717) is 24.6 Å². The Morgan fingerprint density at radius 1 is 0.905 bits per heavy atom. The van der Waals surface area contributed by atoms with E-state index in [-0.39, 0.29) is 11.4 Å². The van der Waals surface area contributed by atoms with Gasteiger partial charge in [0.2, 0.25) is 5.91 Å². The highest BCUT2D eigenvalue weighted by molar-refractivity contribution is 6.00. The molecule has 220 valence electrons. The summed E-state index contributed by atoms with van der Waals surface area (Å²) in [5.41, 5.74) is 6.24. The quantitative estimate of drug-likeness (QED) is 0.339. The van der Waals surface area contributed by atoms with E-state index in [1.54, 1.807) is 6.07 Å². The van der Waals surface area contributed by atoms with Crippen LogP contribution < -0.4 is 10.2 Å². The highest BCUT2D eigenvalue weighted by Crippen LogP contribution is 2.55. The Morgan fingerprint density at radius 2 is 1.74 bits per heavy atom. The monoisotopic (exact) mass is 565 g/mol. The Morgan fingerprint density at radius 3 is 2.60 bits per heavy atom. The number of nitrogens with zero attached hydrogens (tertiary/aromatic N) is 2. The first kappa shape index (κ1) is 26.4. The first-order chi connectivity index (χ1) is 20.5. The van der Waals surface area contributed by atoms with Crippen molar-refractivity contribution in [1.29, 1.82) is 0 Å². The van der Waals surface area contributed by atoms with Gasteiger partial charge in [0, 0.05) is 40.8 Å². The summed E-state index contributed by atoms with van der Waals surface area (Å²) in [7, 11) is 0. The summed E-state index contributed by atoms with van der Waals surface area (Å²) in [6.07, 6.45) is 15.0. The fourth-order valence-electron chi connectivity index (χ4n) is 10.1. The van der Waals surface area contributed by atoms with Gasteiger partial charge in [0.15, 0.2) is 0 Å². The molecule has 4 saturated carbocycles. The van der Waals surface area contributed by atoms with Gasteiger partial charge in [-0.3, -0.25) is 4.79 Å². The normalized spacial score (nSPS) is 28.7. The number of aromatic carboxylic acids is 1. The fourth-order valence-corrected chi connectivity index (χ4v) is 10.1. The maximum atomic E-state index is 13.8. The largest absolute Gasteiger partial charge is 0.478 e. The molecule has 2 heterocycles. The minimum Gasteiger partial charge on any atom is -0.478 e. The number of carboxylic acid groups (broad SMARTS) is 1. The molecule has 4 atom stereocenters. The lowest BCUT2D eigenvalue weighted by molar-refractivity contribution is -0.122. The van der Waals surface area contributed by atoms with Crippen LogP contribution in [-0.2, 0) is 11.3 Å². The van der Waals surface area contributed by atoms with Gasteiger partial charge in [-0.2, -0.15) is 0 Å². The number of carbonyl (C=O) groups excluding carboxylic acids is 1. The topological polar surface area (TPSA) is 74.6 Å². The number of amides is 1. The van der Waals surface area contributed by atoms with Crippen molar-refractivity contribution in [3.8, 4) is 11.3 Å². The van der Waals surface area contributed by atoms with E-state index >= 15 is 0 Å². The molecule has 1 aliphatic heterocycles. The lowest BCUT2D eigenvalue weighted by Crippen LogP contribution is -2.52. The molecule has 6 nitrogen and oxygen atoms in total. The lowest BCUT2D eigenvalue weighted by Gasteiger charge is -2.39. The van der Waals surface area contributed by atoms with Gasteiger partial charge >= 0.3 is 5.97 Å². The highest BCUT2D eigenvalue weighted by Gasteiger charge is 2.52. The maximum Gasteiger partial charge on any atom is 0.335 e. The fraction of sp³-hybridized carbons (Fsp3) is 0.556. The Labute approximate surface area is 248 Å². The number of carboxylic acids is 1. The summed E-state index contributed by atoms with van der Waals surface area (Å²) in [5.74, 6) is 2.12. The summed E-state index contributed by atoms with van der Waals surface area (Å²) in [5, 5.41) is 14.6. The van der Waals surface area contributed by atoms with Crippen LogP contribution in [0, 0.1) is 17.8 Å². The Kier molecular flexibility index (Phi) is 6.38. The molecule has 1 amide bonds. The Hall–Kier alpha value is -3.28. The number of carbonyl (C=O) groups is 2. The van der Waals surface area contributed by atoms with Crippen LogP contribution in [0.1, 0.15) is 98.9 Å². The zero-order valence-corrected chi connectivity index (χ0v) is 24.6. The minimum atomic E-state index is -0.889. The van der Waals surface area contributed by atoms with E-state index in [4.69, 9.17) is 0 Å². The van der Waals surface area contributed by atoms with Gasteiger partial charge in [-0.1, -0.05) is 62.8 Å². The van der Waals surface area contributed by atoms with E-state index in [1.165, 1.54) is 92.8 Å². The van der Waals surface area contributed by atoms with Crippen LogP contribution >= 0.6 is 0 Å². The summed E-state index contributed by atoms with van der Waals surface area (Å²) in [6.45, 7) is 1.80. The average molecular weight is 566 g/mol. The van der Waals surface area contributed by atoms with E-state index < -0.39 is 5.97 Å². The smallest absolute Gasteiger partial charge is 0.335 e. The summed E-state index contributed by atoms with van der Waals surface area (Å²) in [6, 6.07) is 14.3. The molecule has 0 saturated heterocycles. The van der Waals surface area contributed by atoms with Crippen molar-refractivity contribution in [2.24, 2.45) is 17.8 Å². The zero-order chi connectivity index (χ0) is 28.4. The van der Waals surface area contributed by atoms with E-state index in [2.05, 4.69) is 39.0 Å². The molecule has 4 aliphatic carbocycles. The van der Waals surface area contributed by atoms with Gasteiger partial charge in [-0.15, -0.1) is 0 Å². The number of aromatic nitrogens is 1. The standard InChI is InChI=1S/C36H43N3O3/c40-32(37-36-19-23-7-6-10-26(20-36)27(17-23)21-36)22-38-15-16-39-31-18-25(35(41)42)13-14-28(31)33(24-8-2-1-3-9-24)34(39)29-11-4-5-12-30(29)38/h4-5,11-14,18,23-24,26-27H,1-3,6-10,15-17,19-22H2,(H,37,40)(H,41,42).